The van der Waals surface area contributed by atoms with Gasteiger partial charge in [0.15, 0.2) is 15.8 Å². The minimum atomic E-state index is -3.61. The summed E-state index contributed by atoms with van der Waals surface area (Å²) in [6, 6.07) is 0. The summed E-state index contributed by atoms with van der Waals surface area (Å²) in [5, 5.41) is 1.87. The number of thiazole rings is 1. The predicted octanol–water partition coefficient (Wildman–Crippen LogP) is 1.45. The summed E-state index contributed by atoms with van der Waals surface area (Å²) < 4.78 is 29.3. The number of hydrogen-bond donors (Lipinski definition) is 2. The first-order valence-electron chi connectivity index (χ1n) is 6.73. The monoisotopic (exact) mass is 312 g/mol. The molecule has 0 amide bonds. The van der Waals surface area contributed by atoms with E-state index in [-0.39, 0.29) is 16.3 Å². The lowest BCUT2D eigenvalue weighted by Crippen LogP contribution is -2.32. The van der Waals surface area contributed by atoms with Crippen LogP contribution in [-0.2, 0) is 10.0 Å². The highest BCUT2D eigenvalue weighted by Gasteiger charge is 2.53. The first-order chi connectivity index (χ1) is 9.52. The molecule has 2 heterocycles. The lowest BCUT2D eigenvalue weighted by Gasteiger charge is -2.15. The van der Waals surface area contributed by atoms with Crippen LogP contribution in [0.25, 0.3) is 4.96 Å². The van der Waals surface area contributed by atoms with Gasteiger partial charge in [-0.05, 0) is 37.0 Å². The Labute approximate surface area is 121 Å². The summed E-state index contributed by atoms with van der Waals surface area (Å²) in [4.78, 5) is 4.69. The SMILES string of the molecule is Nc1nc2sccn2c1S(=O)(=O)NCC1(C2CC2)CC1. The van der Waals surface area contributed by atoms with Crippen molar-refractivity contribution in [2.24, 2.45) is 11.3 Å². The Hall–Kier alpha value is -1.12. The van der Waals surface area contributed by atoms with Crippen molar-refractivity contribution in [3.05, 3.63) is 11.6 Å². The van der Waals surface area contributed by atoms with Crippen LogP contribution < -0.4 is 10.5 Å². The number of nitrogens with zero attached hydrogens (tertiary/aromatic N) is 2. The molecule has 2 aromatic rings. The lowest BCUT2D eigenvalue weighted by molar-refractivity contribution is 0.431. The molecule has 3 N–H and O–H groups in total. The highest BCUT2D eigenvalue weighted by Crippen LogP contribution is 2.60. The van der Waals surface area contributed by atoms with Gasteiger partial charge in [0.2, 0.25) is 0 Å². The maximum atomic E-state index is 12.5. The van der Waals surface area contributed by atoms with Gasteiger partial charge >= 0.3 is 0 Å². The fraction of sp³-hybridized carbons (Fsp3) is 0.583. The summed E-state index contributed by atoms with van der Waals surface area (Å²) in [7, 11) is -3.61. The Kier molecular flexibility index (Phi) is 2.49. The van der Waals surface area contributed by atoms with Crippen molar-refractivity contribution in [3.8, 4) is 0 Å². The molecule has 2 saturated carbocycles. The molecule has 0 radical (unpaired) electrons. The Morgan fingerprint density at radius 3 is 2.90 bits per heavy atom. The number of anilines is 1. The Morgan fingerprint density at radius 1 is 1.50 bits per heavy atom. The smallest absolute Gasteiger partial charge is 0.260 e. The number of nitrogens with two attached hydrogens (primary N) is 1. The molecule has 2 fully saturated rings. The molecule has 0 atom stereocenters. The van der Waals surface area contributed by atoms with E-state index in [0.29, 0.717) is 17.4 Å². The average Bonchev–Trinajstić information content (AvgIpc) is 3.27. The molecule has 6 nitrogen and oxygen atoms in total. The van der Waals surface area contributed by atoms with Gasteiger partial charge in [0.05, 0.1) is 0 Å². The average molecular weight is 312 g/mol. The molecule has 2 aliphatic carbocycles. The number of sulfonamides is 1. The van der Waals surface area contributed by atoms with Crippen LogP contribution >= 0.6 is 11.3 Å². The van der Waals surface area contributed by atoms with Gasteiger partial charge in [0.25, 0.3) is 10.0 Å². The van der Waals surface area contributed by atoms with E-state index in [4.69, 9.17) is 5.73 Å². The third-order valence-electron chi connectivity index (χ3n) is 4.45. The lowest BCUT2D eigenvalue weighted by atomic mass is 10.0. The van der Waals surface area contributed by atoms with Crippen LogP contribution in [0.2, 0.25) is 0 Å². The molecular formula is C12H16N4O2S2. The maximum absolute atomic E-state index is 12.5. The van der Waals surface area contributed by atoms with E-state index >= 15 is 0 Å². The Bertz CT molecular complexity index is 769. The summed E-state index contributed by atoms with van der Waals surface area (Å²) in [6.45, 7) is 0.525. The molecule has 4 rings (SSSR count). The first-order valence-corrected chi connectivity index (χ1v) is 9.09. The van der Waals surface area contributed by atoms with Gasteiger partial charge in [0, 0.05) is 18.1 Å². The van der Waals surface area contributed by atoms with Crippen molar-refractivity contribution >= 4 is 32.1 Å². The summed E-state index contributed by atoms with van der Waals surface area (Å²) >= 11 is 1.37. The van der Waals surface area contributed by atoms with Crippen LogP contribution in [0.1, 0.15) is 25.7 Å². The molecule has 0 saturated heterocycles. The van der Waals surface area contributed by atoms with Gasteiger partial charge in [-0.2, -0.15) is 0 Å². The summed E-state index contributed by atoms with van der Waals surface area (Å²) in [6.07, 6.45) is 6.44. The predicted molar refractivity (Wildman–Crippen MR) is 77.1 cm³/mol. The largest absolute Gasteiger partial charge is 0.381 e. The Balaban J connectivity index is 1.62. The molecule has 2 aliphatic rings. The van der Waals surface area contributed by atoms with Crippen molar-refractivity contribution in [3.63, 3.8) is 0 Å². The fourth-order valence-corrected chi connectivity index (χ4v) is 5.06. The van der Waals surface area contributed by atoms with Crippen LogP contribution in [0, 0.1) is 11.3 Å². The second-order valence-corrected chi connectivity index (χ2v) is 8.37. The second-order valence-electron chi connectivity index (χ2n) is 5.82. The van der Waals surface area contributed by atoms with Crippen LogP contribution in [0.4, 0.5) is 5.82 Å². The van der Waals surface area contributed by atoms with Crippen LogP contribution in [0.3, 0.4) is 0 Å². The molecule has 8 heteroatoms. The molecule has 0 aromatic carbocycles. The molecule has 0 aliphatic heterocycles. The molecule has 0 spiro atoms. The number of nitrogen functional groups attached to an aromatic ring is 1. The minimum Gasteiger partial charge on any atom is -0.381 e. The van der Waals surface area contributed by atoms with Gasteiger partial charge in [-0.25, -0.2) is 18.1 Å². The number of nitrogens with one attached hydrogen (secondary N) is 1. The van der Waals surface area contributed by atoms with Crippen LogP contribution in [-0.4, -0.2) is 24.3 Å². The van der Waals surface area contributed by atoms with E-state index in [0.717, 1.165) is 12.8 Å². The first kappa shape index (κ1) is 12.6. The van der Waals surface area contributed by atoms with E-state index in [1.54, 1.807) is 16.0 Å². The van der Waals surface area contributed by atoms with E-state index in [1.807, 2.05) is 0 Å². The zero-order valence-electron chi connectivity index (χ0n) is 10.9. The van der Waals surface area contributed by atoms with E-state index in [9.17, 15) is 8.42 Å². The third kappa shape index (κ3) is 1.86. The second kappa shape index (κ2) is 3.96. The number of aromatic nitrogens is 2. The minimum absolute atomic E-state index is 0.0698. The van der Waals surface area contributed by atoms with Gasteiger partial charge in [-0.15, -0.1) is 11.3 Å². The number of fused-ring (bicyclic) bond motifs is 1. The summed E-state index contributed by atoms with van der Waals surface area (Å²) in [5.41, 5.74) is 5.99. The molecule has 0 bridgehead atoms. The zero-order chi connectivity index (χ0) is 14.0. The molecule has 0 unspecified atom stereocenters. The van der Waals surface area contributed by atoms with Crippen LogP contribution in [0.5, 0.6) is 0 Å². The van der Waals surface area contributed by atoms with Crippen LogP contribution in [0.15, 0.2) is 16.6 Å². The van der Waals surface area contributed by atoms with Crippen molar-refractivity contribution in [2.75, 3.05) is 12.3 Å². The quantitative estimate of drug-likeness (QED) is 0.874. The standard InChI is InChI=1S/C12H16N4O2S2/c13-9-10(16-5-6-19-11(16)15-9)20(17,18)14-7-12(3-4-12)8-1-2-8/h5-6,8,14H,1-4,7,13H2. The normalized spacial score (nSPS) is 21.4. The van der Waals surface area contributed by atoms with Crippen molar-refractivity contribution < 1.29 is 8.42 Å². The van der Waals surface area contributed by atoms with Gasteiger partial charge in [0.1, 0.15) is 0 Å². The highest BCUT2D eigenvalue weighted by atomic mass is 32.2. The van der Waals surface area contributed by atoms with E-state index in [1.165, 1.54) is 24.2 Å². The molecule has 108 valence electrons. The molecule has 20 heavy (non-hydrogen) atoms. The number of imidazole rings is 1. The fourth-order valence-electron chi connectivity index (χ4n) is 2.94. The van der Waals surface area contributed by atoms with Crippen molar-refractivity contribution in [2.45, 2.75) is 30.7 Å². The topological polar surface area (TPSA) is 89.5 Å². The third-order valence-corrected chi connectivity index (χ3v) is 6.64. The van der Waals surface area contributed by atoms with Crippen molar-refractivity contribution in [1.29, 1.82) is 0 Å². The molecular weight excluding hydrogens is 296 g/mol. The molecule has 2 aromatic heterocycles. The van der Waals surface area contributed by atoms with Crippen molar-refractivity contribution in [1.82, 2.24) is 14.1 Å². The van der Waals surface area contributed by atoms with Gasteiger partial charge in [-0.3, -0.25) is 4.40 Å². The Morgan fingerprint density at radius 2 is 2.25 bits per heavy atom. The van der Waals surface area contributed by atoms with E-state index in [2.05, 4.69) is 9.71 Å². The number of rotatable bonds is 5. The zero-order valence-corrected chi connectivity index (χ0v) is 12.5. The number of hydrogen-bond acceptors (Lipinski definition) is 5. The van der Waals surface area contributed by atoms with E-state index < -0.39 is 10.0 Å². The maximum Gasteiger partial charge on any atom is 0.260 e. The highest BCUT2D eigenvalue weighted by molar-refractivity contribution is 7.89. The summed E-state index contributed by atoms with van der Waals surface area (Å²) in [5.74, 6) is 0.787. The van der Waals surface area contributed by atoms with Gasteiger partial charge < -0.3 is 5.73 Å². The van der Waals surface area contributed by atoms with Gasteiger partial charge in [-0.1, -0.05) is 0 Å².